The molecule has 0 aliphatic carbocycles. The Balaban J connectivity index is 1.70. The number of fused-ring (bicyclic) bond motifs is 6. The van der Waals surface area contributed by atoms with Crippen LogP contribution in [0.2, 0.25) is 0 Å². The first kappa shape index (κ1) is 15.6. The number of aliphatic imine (C=N–C) groups is 2. The number of carbonyl (C=O) groups is 1. The molecule has 0 fully saturated rings. The van der Waals surface area contributed by atoms with E-state index in [1.807, 2.05) is 54.7 Å². The summed E-state index contributed by atoms with van der Waals surface area (Å²) in [5, 5.41) is 4.88. The highest BCUT2D eigenvalue weighted by Crippen LogP contribution is 2.17. The number of H-pyrrole nitrogens is 1. The van der Waals surface area contributed by atoms with Gasteiger partial charge in [-0.15, -0.1) is 0 Å². The van der Waals surface area contributed by atoms with Crippen LogP contribution >= 0.6 is 0 Å². The normalized spacial score (nSPS) is 22.2. The zero-order valence-corrected chi connectivity index (χ0v) is 14.6. The van der Waals surface area contributed by atoms with Crippen LogP contribution in [0.4, 0.5) is 0 Å². The van der Waals surface area contributed by atoms with E-state index in [4.69, 9.17) is 4.74 Å². The van der Waals surface area contributed by atoms with Crippen LogP contribution < -0.4 is 20.8 Å². The highest BCUT2D eigenvalue weighted by Gasteiger charge is 2.22. The van der Waals surface area contributed by atoms with Crippen molar-refractivity contribution in [2.24, 2.45) is 9.98 Å². The van der Waals surface area contributed by atoms with Gasteiger partial charge in [0.15, 0.2) is 5.78 Å². The van der Waals surface area contributed by atoms with Gasteiger partial charge in [-0.25, -0.2) is 9.98 Å². The number of aromatic nitrogens is 1. The molecule has 0 saturated carbocycles. The van der Waals surface area contributed by atoms with Crippen LogP contribution in [0.25, 0.3) is 12.2 Å². The van der Waals surface area contributed by atoms with E-state index in [0.29, 0.717) is 5.75 Å². The van der Waals surface area contributed by atoms with Gasteiger partial charge in [-0.2, -0.15) is 0 Å². The number of nitrogens with one attached hydrogen (secondary N) is 2. The number of hydrogen-bond acceptors (Lipinski definition) is 5. The Hall–Kier alpha value is -3.67. The van der Waals surface area contributed by atoms with Gasteiger partial charge < -0.3 is 15.0 Å². The van der Waals surface area contributed by atoms with E-state index in [1.54, 1.807) is 13.2 Å². The molecular weight excluding hydrogens is 340 g/mol. The Morgan fingerprint density at radius 3 is 2.59 bits per heavy atom. The number of methoxy groups -OCH3 is 1. The second-order valence-corrected chi connectivity index (χ2v) is 6.52. The molecule has 5 heterocycles. The van der Waals surface area contributed by atoms with Crippen LogP contribution in [-0.4, -0.2) is 35.3 Å². The lowest BCUT2D eigenvalue weighted by atomic mass is 10.2. The molecule has 5 rings (SSSR count). The van der Waals surface area contributed by atoms with Gasteiger partial charge in [0.05, 0.1) is 35.3 Å². The van der Waals surface area contributed by atoms with E-state index < -0.39 is 6.04 Å². The second kappa shape index (κ2) is 5.95. The van der Waals surface area contributed by atoms with Gasteiger partial charge in [-0.3, -0.25) is 4.79 Å². The van der Waals surface area contributed by atoms with Crippen LogP contribution in [-0.2, 0) is 4.79 Å². The summed E-state index contributed by atoms with van der Waals surface area (Å²) in [6.07, 6.45) is 16.9. The van der Waals surface area contributed by atoms with Crippen LogP contribution in [0, 0.1) is 0 Å². The molecule has 4 aliphatic heterocycles. The lowest BCUT2D eigenvalue weighted by molar-refractivity contribution is -0.114. The van der Waals surface area contributed by atoms with E-state index >= 15 is 0 Å². The minimum absolute atomic E-state index is 0.00155. The van der Waals surface area contributed by atoms with Gasteiger partial charge in [0.2, 0.25) is 0 Å². The zero-order chi connectivity index (χ0) is 18.4. The molecule has 132 valence electrons. The summed E-state index contributed by atoms with van der Waals surface area (Å²) >= 11 is 0. The fraction of sp³-hybridized carbons (Fsp3) is 0.0952. The summed E-state index contributed by atoms with van der Waals surface area (Å²) in [7, 11) is 1.62. The predicted molar refractivity (Wildman–Crippen MR) is 105 cm³/mol. The molecule has 6 heteroatoms. The molecule has 4 aliphatic rings. The van der Waals surface area contributed by atoms with Crippen molar-refractivity contribution in [1.82, 2.24) is 10.3 Å². The van der Waals surface area contributed by atoms with E-state index in [1.165, 1.54) is 0 Å². The summed E-state index contributed by atoms with van der Waals surface area (Å²) in [5.74, 6) is 0.701. The number of allylic oxidation sites excluding steroid dienone is 6. The molecule has 0 amide bonds. The van der Waals surface area contributed by atoms with Crippen LogP contribution in [0.1, 0.15) is 0 Å². The first-order valence-corrected chi connectivity index (χ1v) is 8.62. The number of hydrogen-bond donors (Lipinski definition) is 2. The zero-order valence-electron chi connectivity index (χ0n) is 14.6. The smallest absolute Gasteiger partial charge is 0.183 e. The molecule has 0 saturated heterocycles. The molecule has 27 heavy (non-hydrogen) atoms. The molecule has 6 nitrogen and oxygen atoms in total. The Labute approximate surface area is 155 Å². The third-order valence-corrected chi connectivity index (χ3v) is 4.58. The summed E-state index contributed by atoms with van der Waals surface area (Å²) in [5.41, 5.74) is 3.98. The first-order valence-electron chi connectivity index (χ1n) is 8.62. The Morgan fingerprint density at radius 1 is 0.963 bits per heavy atom. The molecular formula is C21H16N4O2. The summed E-state index contributed by atoms with van der Waals surface area (Å²) in [6, 6.07) is 1.48. The SMILES string of the molecule is COc1cc2[nH]c1=CC1=CC(=O)C(C=C3C=CC(=N3)C=C3C=CC(=N3)C=2)N1. The first-order chi connectivity index (χ1) is 13.2. The van der Waals surface area contributed by atoms with Gasteiger partial charge >= 0.3 is 0 Å². The molecule has 1 aromatic rings. The van der Waals surface area contributed by atoms with Crippen molar-refractivity contribution in [3.05, 3.63) is 76.4 Å². The summed E-state index contributed by atoms with van der Waals surface area (Å²) in [6.45, 7) is 0. The van der Waals surface area contributed by atoms with Crippen molar-refractivity contribution in [2.75, 3.05) is 7.11 Å². The lowest BCUT2D eigenvalue weighted by Gasteiger charge is -2.06. The van der Waals surface area contributed by atoms with Gasteiger partial charge in [0.25, 0.3) is 0 Å². The number of ketones is 1. The monoisotopic (exact) mass is 356 g/mol. The van der Waals surface area contributed by atoms with Crippen molar-refractivity contribution >= 4 is 29.4 Å². The van der Waals surface area contributed by atoms with E-state index in [0.717, 1.165) is 39.2 Å². The third-order valence-electron chi connectivity index (χ3n) is 4.58. The van der Waals surface area contributed by atoms with E-state index in [-0.39, 0.29) is 5.78 Å². The van der Waals surface area contributed by atoms with Crippen LogP contribution in [0.15, 0.2) is 75.7 Å². The third kappa shape index (κ3) is 2.91. The van der Waals surface area contributed by atoms with Crippen molar-refractivity contribution < 1.29 is 9.53 Å². The number of aromatic amines is 1. The van der Waals surface area contributed by atoms with Crippen LogP contribution in [0.5, 0.6) is 5.75 Å². The van der Waals surface area contributed by atoms with Crippen molar-refractivity contribution in [3.8, 4) is 5.75 Å². The Kier molecular flexibility index (Phi) is 3.43. The van der Waals surface area contributed by atoms with Gasteiger partial charge in [0, 0.05) is 23.2 Å². The van der Waals surface area contributed by atoms with Crippen molar-refractivity contribution in [1.29, 1.82) is 0 Å². The van der Waals surface area contributed by atoms with E-state index in [9.17, 15) is 4.79 Å². The van der Waals surface area contributed by atoms with Gasteiger partial charge in [-0.05, 0) is 48.6 Å². The van der Waals surface area contributed by atoms with Gasteiger partial charge in [0.1, 0.15) is 11.8 Å². The molecule has 1 aromatic heterocycles. The fourth-order valence-electron chi connectivity index (χ4n) is 3.33. The highest BCUT2D eigenvalue weighted by atomic mass is 16.5. The lowest BCUT2D eigenvalue weighted by Crippen LogP contribution is -2.26. The average molecular weight is 356 g/mol. The molecule has 0 aromatic carbocycles. The van der Waals surface area contributed by atoms with Crippen LogP contribution in [0.3, 0.4) is 0 Å². The molecule has 8 bridgehead atoms. The maximum absolute atomic E-state index is 12.3. The Bertz CT molecular complexity index is 1200. The molecule has 0 spiro atoms. The standard InChI is InChI=1S/C21H16N4O2/c1-27-21-11-16-7-14-3-2-12(22-14)6-13-4-5-15(23-13)8-18-20(26)10-17(24-18)9-19(21)25-16/h2-11,18,24-25H,1H3. The predicted octanol–water partition coefficient (Wildman–Crippen LogP) is 0.812. The Morgan fingerprint density at radius 2 is 1.74 bits per heavy atom. The average Bonchev–Trinajstić information content (AvgIpc) is 3.40. The maximum atomic E-state index is 12.3. The minimum atomic E-state index is -0.428. The summed E-state index contributed by atoms with van der Waals surface area (Å²) in [4.78, 5) is 24.8. The largest absolute Gasteiger partial charge is 0.494 e. The van der Waals surface area contributed by atoms with E-state index in [2.05, 4.69) is 20.3 Å². The van der Waals surface area contributed by atoms with Crippen molar-refractivity contribution in [3.63, 3.8) is 0 Å². The number of carbonyl (C=O) groups excluding carboxylic acids is 1. The highest BCUT2D eigenvalue weighted by molar-refractivity contribution is 6.19. The van der Waals surface area contributed by atoms with Crippen molar-refractivity contribution in [2.45, 2.75) is 6.04 Å². The second-order valence-electron chi connectivity index (χ2n) is 6.52. The maximum Gasteiger partial charge on any atom is 0.183 e. The van der Waals surface area contributed by atoms with Gasteiger partial charge in [-0.1, -0.05) is 0 Å². The molecule has 2 N–H and O–H groups in total. The topological polar surface area (TPSA) is 78.8 Å². The number of nitrogens with zero attached hydrogens (tertiary/aromatic N) is 2. The molecule has 0 radical (unpaired) electrons. The fourth-order valence-corrected chi connectivity index (χ4v) is 3.33. The quantitative estimate of drug-likeness (QED) is 0.782. The summed E-state index contributed by atoms with van der Waals surface area (Å²) < 4.78 is 5.46. The minimum Gasteiger partial charge on any atom is -0.494 e. The number of ether oxygens (including phenoxy) is 1. The molecule has 1 atom stereocenters. The number of rotatable bonds is 1. The molecule has 1 unspecified atom stereocenters.